The lowest BCUT2D eigenvalue weighted by molar-refractivity contribution is 0.410. The summed E-state index contributed by atoms with van der Waals surface area (Å²) in [6, 6.07) is 10.9. The molecule has 1 aromatic heterocycles. The zero-order valence-electron chi connectivity index (χ0n) is 13.1. The Bertz CT molecular complexity index is 733. The van der Waals surface area contributed by atoms with Crippen molar-refractivity contribution in [3.63, 3.8) is 0 Å². The zero-order valence-corrected chi connectivity index (χ0v) is 13.9. The van der Waals surface area contributed by atoms with E-state index in [0.717, 1.165) is 11.3 Å². The maximum Gasteiger partial charge on any atom is 0.233 e. The van der Waals surface area contributed by atoms with Crippen molar-refractivity contribution in [2.45, 2.75) is 19.9 Å². The lowest BCUT2D eigenvalue weighted by Gasteiger charge is -2.10. The van der Waals surface area contributed by atoms with Gasteiger partial charge in [0.25, 0.3) is 0 Å². The summed E-state index contributed by atoms with van der Waals surface area (Å²) in [5, 5.41) is 11.0. The van der Waals surface area contributed by atoms with E-state index >= 15 is 0 Å². The zero-order chi connectivity index (χ0) is 16.7. The fraction of sp³-hybridized carbons (Fsp3) is 0.333. The predicted octanol–water partition coefficient (Wildman–Crippen LogP) is 2.25. The van der Waals surface area contributed by atoms with Crippen LogP contribution in [-0.2, 0) is 16.6 Å². The van der Waals surface area contributed by atoms with Crippen molar-refractivity contribution in [1.82, 2.24) is 10.2 Å². The molecule has 7 nitrogen and oxygen atoms in total. The van der Waals surface area contributed by atoms with E-state index in [9.17, 15) is 8.42 Å². The first-order valence-corrected chi connectivity index (χ1v) is 8.89. The summed E-state index contributed by atoms with van der Waals surface area (Å²) in [4.78, 5) is 0. The molecule has 0 bridgehead atoms. The molecule has 124 valence electrons. The molecule has 0 spiro atoms. The lowest BCUT2D eigenvalue weighted by Crippen LogP contribution is -2.17. The van der Waals surface area contributed by atoms with E-state index in [1.165, 1.54) is 0 Å². The number of benzene rings is 1. The molecule has 2 N–H and O–H groups in total. The number of sulfonamides is 1. The van der Waals surface area contributed by atoms with Gasteiger partial charge >= 0.3 is 0 Å². The van der Waals surface area contributed by atoms with Gasteiger partial charge in [-0.2, -0.15) is 0 Å². The van der Waals surface area contributed by atoms with Gasteiger partial charge in [-0.25, -0.2) is 8.42 Å². The fourth-order valence-electron chi connectivity index (χ4n) is 1.99. The van der Waals surface area contributed by atoms with E-state index in [2.05, 4.69) is 20.2 Å². The van der Waals surface area contributed by atoms with E-state index in [4.69, 9.17) is 4.74 Å². The summed E-state index contributed by atoms with van der Waals surface area (Å²) >= 11 is 0. The molecular formula is C15H20N4O3S. The maximum absolute atomic E-state index is 11.7. The molecule has 0 unspecified atom stereocenters. The van der Waals surface area contributed by atoms with E-state index < -0.39 is 10.0 Å². The van der Waals surface area contributed by atoms with Crippen molar-refractivity contribution >= 4 is 21.7 Å². The molecule has 0 atom stereocenters. The van der Waals surface area contributed by atoms with Crippen LogP contribution in [0.5, 0.6) is 5.75 Å². The smallest absolute Gasteiger partial charge is 0.233 e. The summed E-state index contributed by atoms with van der Waals surface area (Å²) in [5.74, 6) is 1.61. The minimum atomic E-state index is -3.35. The molecule has 1 heterocycles. The standard InChI is InChI=1S/C15H20N4O3S/c1-3-10-23(20,21)19-15-9-8-14(17-18-15)16-11-12-6-4-5-7-13(12)22-2/h4-9H,3,10-11H2,1-2H3,(H,16,17)(H,18,19). The van der Waals surface area contributed by atoms with Crippen LogP contribution in [0.4, 0.5) is 11.6 Å². The van der Waals surface area contributed by atoms with Crippen LogP contribution >= 0.6 is 0 Å². The average Bonchev–Trinajstić information content (AvgIpc) is 2.54. The minimum absolute atomic E-state index is 0.0580. The number of hydrogen-bond acceptors (Lipinski definition) is 6. The van der Waals surface area contributed by atoms with Crippen molar-refractivity contribution in [3.05, 3.63) is 42.0 Å². The third-order valence-electron chi connectivity index (χ3n) is 3.05. The largest absolute Gasteiger partial charge is 0.496 e. The average molecular weight is 336 g/mol. The second kappa shape index (κ2) is 7.77. The Morgan fingerprint density at radius 3 is 2.43 bits per heavy atom. The number of nitrogens with zero attached hydrogens (tertiary/aromatic N) is 2. The number of nitrogens with one attached hydrogen (secondary N) is 2. The van der Waals surface area contributed by atoms with E-state index in [-0.39, 0.29) is 11.6 Å². The van der Waals surface area contributed by atoms with E-state index in [0.29, 0.717) is 18.8 Å². The van der Waals surface area contributed by atoms with Crippen molar-refractivity contribution < 1.29 is 13.2 Å². The molecule has 0 fully saturated rings. The van der Waals surface area contributed by atoms with Gasteiger partial charge in [0.05, 0.1) is 12.9 Å². The van der Waals surface area contributed by atoms with Crippen LogP contribution in [0, 0.1) is 0 Å². The first-order chi connectivity index (χ1) is 11.0. The molecule has 0 aliphatic heterocycles. The first-order valence-electron chi connectivity index (χ1n) is 7.24. The number of rotatable bonds is 8. The van der Waals surface area contributed by atoms with Crippen LogP contribution in [0.15, 0.2) is 36.4 Å². The third-order valence-corrected chi connectivity index (χ3v) is 4.52. The first kappa shape index (κ1) is 17.0. The van der Waals surface area contributed by atoms with Crippen LogP contribution in [0.1, 0.15) is 18.9 Å². The van der Waals surface area contributed by atoms with Crippen LogP contribution in [-0.4, -0.2) is 31.5 Å². The van der Waals surface area contributed by atoms with Gasteiger partial charge in [0, 0.05) is 12.1 Å². The molecule has 0 saturated carbocycles. The summed E-state index contributed by atoms with van der Waals surface area (Å²) in [5.41, 5.74) is 0.990. The summed E-state index contributed by atoms with van der Waals surface area (Å²) in [7, 11) is -1.73. The Morgan fingerprint density at radius 1 is 1.09 bits per heavy atom. The molecular weight excluding hydrogens is 316 g/mol. The Hall–Kier alpha value is -2.35. The van der Waals surface area contributed by atoms with E-state index in [1.807, 2.05) is 24.3 Å². The topological polar surface area (TPSA) is 93.2 Å². The fourth-order valence-corrected chi connectivity index (χ4v) is 3.06. The quantitative estimate of drug-likeness (QED) is 0.768. The summed E-state index contributed by atoms with van der Waals surface area (Å²) in [6.07, 6.45) is 0.543. The highest BCUT2D eigenvalue weighted by Gasteiger charge is 2.10. The molecule has 1 aromatic carbocycles. The minimum Gasteiger partial charge on any atom is -0.496 e. The Balaban J connectivity index is 1.98. The van der Waals surface area contributed by atoms with Gasteiger partial charge in [0.15, 0.2) is 5.82 Å². The molecule has 0 amide bonds. The molecule has 0 radical (unpaired) electrons. The molecule has 0 saturated heterocycles. The van der Waals surface area contributed by atoms with Crippen molar-refractivity contribution in [1.29, 1.82) is 0 Å². The van der Waals surface area contributed by atoms with Crippen LogP contribution < -0.4 is 14.8 Å². The van der Waals surface area contributed by atoms with Gasteiger partial charge in [0.1, 0.15) is 11.6 Å². The lowest BCUT2D eigenvalue weighted by atomic mass is 10.2. The Labute approximate surface area is 136 Å². The maximum atomic E-state index is 11.7. The number of para-hydroxylation sites is 1. The summed E-state index contributed by atoms with van der Waals surface area (Å²) < 4.78 is 31.0. The molecule has 0 aliphatic rings. The van der Waals surface area contributed by atoms with Gasteiger partial charge in [-0.1, -0.05) is 25.1 Å². The van der Waals surface area contributed by atoms with Gasteiger partial charge in [-0.15, -0.1) is 10.2 Å². The number of hydrogen-bond donors (Lipinski definition) is 2. The predicted molar refractivity (Wildman–Crippen MR) is 90.1 cm³/mol. The van der Waals surface area contributed by atoms with Gasteiger partial charge in [-0.05, 0) is 24.6 Å². The highest BCUT2D eigenvalue weighted by Crippen LogP contribution is 2.18. The number of anilines is 2. The van der Waals surface area contributed by atoms with Gasteiger partial charge in [0.2, 0.25) is 10.0 Å². The number of ether oxygens (including phenoxy) is 1. The number of methoxy groups -OCH3 is 1. The van der Waals surface area contributed by atoms with Crippen molar-refractivity contribution in [2.24, 2.45) is 0 Å². The number of aromatic nitrogens is 2. The monoisotopic (exact) mass is 336 g/mol. The van der Waals surface area contributed by atoms with Gasteiger partial charge in [-0.3, -0.25) is 4.72 Å². The van der Waals surface area contributed by atoms with Crippen molar-refractivity contribution in [2.75, 3.05) is 22.9 Å². The third kappa shape index (κ3) is 5.10. The molecule has 8 heteroatoms. The molecule has 2 rings (SSSR count). The molecule has 23 heavy (non-hydrogen) atoms. The van der Waals surface area contributed by atoms with Crippen LogP contribution in [0.3, 0.4) is 0 Å². The SMILES string of the molecule is CCCS(=O)(=O)Nc1ccc(NCc2ccccc2OC)nn1. The van der Waals surface area contributed by atoms with Crippen LogP contribution in [0.2, 0.25) is 0 Å². The van der Waals surface area contributed by atoms with Gasteiger partial charge < -0.3 is 10.1 Å². The van der Waals surface area contributed by atoms with Crippen molar-refractivity contribution in [3.8, 4) is 5.75 Å². The van der Waals surface area contributed by atoms with Crippen LogP contribution in [0.25, 0.3) is 0 Å². The normalized spacial score (nSPS) is 11.0. The highest BCUT2D eigenvalue weighted by atomic mass is 32.2. The summed E-state index contributed by atoms with van der Waals surface area (Å²) in [6.45, 7) is 2.33. The molecule has 2 aromatic rings. The second-order valence-corrected chi connectivity index (χ2v) is 6.73. The molecule has 0 aliphatic carbocycles. The second-order valence-electron chi connectivity index (χ2n) is 4.89. The van der Waals surface area contributed by atoms with E-state index in [1.54, 1.807) is 26.2 Å². The Morgan fingerprint density at radius 2 is 1.78 bits per heavy atom. The Kier molecular flexibility index (Phi) is 5.75. The highest BCUT2D eigenvalue weighted by molar-refractivity contribution is 7.92.